The predicted octanol–water partition coefficient (Wildman–Crippen LogP) is 0.997. The summed E-state index contributed by atoms with van der Waals surface area (Å²) in [6.07, 6.45) is 2.35. The van der Waals surface area contributed by atoms with Crippen LogP contribution < -0.4 is 0 Å². The molecule has 12 heavy (non-hydrogen) atoms. The fraction of sp³-hybridized carbons (Fsp3) is 0.250. The maximum absolute atomic E-state index is 9.12. The molecule has 0 aliphatic carbocycles. The van der Waals surface area contributed by atoms with Gasteiger partial charge in [0.05, 0.1) is 6.20 Å². The molecule has 2 rings (SSSR count). The molecule has 0 atom stereocenters. The van der Waals surface area contributed by atoms with Crippen LogP contribution in [0.5, 0.6) is 5.75 Å². The summed E-state index contributed by atoms with van der Waals surface area (Å²) < 4.78 is 1.58. The third kappa shape index (κ3) is 1.01. The number of pyridine rings is 1. The number of rotatable bonds is 1. The maximum Gasteiger partial charge on any atom is 0.155 e. The van der Waals surface area contributed by atoms with Gasteiger partial charge in [-0.3, -0.25) is 0 Å². The van der Waals surface area contributed by atoms with Crippen LogP contribution in [0.4, 0.5) is 0 Å². The van der Waals surface area contributed by atoms with E-state index in [9.17, 15) is 0 Å². The van der Waals surface area contributed by atoms with Crippen molar-refractivity contribution in [1.82, 2.24) is 14.6 Å². The van der Waals surface area contributed by atoms with E-state index in [-0.39, 0.29) is 5.75 Å². The van der Waals surface area contributed by atoms with E-state index in [1.807, 2.05) is 6.92 Å². The van der Waals surface area contributed by atoms with Crippen molar-refractivity contribution in [2.75, 3.05) is 0 Å². The first-order valence-electron chi connectivity index (χ1n) is 3.84. The van der Waals surface area contributed by atoms with E-state index in [4.69, 9.17) is 5.11 Å². The number of nitrogens with zero attached hydrogens (tertiary/aromatic N) is 3. The molecule has 4 heteroatoms. The molecule has 0 aliphatic heterocycles. The third-order valence-corrected chi connectivity index (χ3v) is 1.68. The van der Waals surface area contributed by atoms with E-state index in [1.165, 1.54) is 0 Å². The number of fused-ring (bicyclic) bond motifs is 1. The lowest BCUT2D eigenvalue weighted by molar-refractivity contribution is 0.470. The van der Waals surface area contributed by atoms with Crippen molar-refractivity contribution in [1.29, 1.82) is 0 Å². The predicted molar refractivity (Wildman–Crippen MR) is 44.0 cm³/mol. The molecule has 2 heterocycles. The smallest absolute Gasteiger partial charge is 0.155 e. The van der Waals surface area contributed by atoms with Crippen LogP contribution in [0.3, 0.4) is 0 Å². The van der Waals surface area contributed by atoms with Gasteiger partial charge in [0.1, 0.15) is 5.75 Å². The summed E-state index contributed by atoms with van der Waals surface area (Å²) in [7, 11) is 0. The minimum Gasteiger partial charge on any atom is -0.506 e. The lowest BCUT2D eigenvalue weighted by Crippen LogP contribution is -1.86. The van der Waals surface area contributed by atoms with Crippen LogP contribution in [0.2, 0.25) is 0 Å². The van der Waals surface area contributed by atoms with E-state index in [1.54, 1.807) is 22.8 Å². The van der Waals surface area contributed by atoms with Crippen LogP contribution >= 0.6 is 0 Å². The Hall–Kier alpha value is -1.58. The molecule has 0 saturated carbocycles. The molecule has 0 aromatic carbocycles. The molecule has 1 N–H and O–H groups in total. The number of aromatic nitrogens is 3. The minimum atomic E-state index is 0.204. The van der Waals surface area contributed by atoms with E-state index in [0.717, 1.165) is 17.9 Å². The van der Waals surface area contributed by atoms with Gasteiger partial charge < -0.3 is 5.11 Å². The Labute approximate surface area is 69.5 Å². The number of aryl methyl sites for hydroxylation is 1. The van der Waals surface area contributed by atoms with Crippen molar-refractivity contribution in [2.24, 2.45) is 0 Å². The SMILES string of the molecule is CCc1nc2ccc(O)cn2n1. The van der Waals surface area contributed by atoms with Gasteiger partial charge in [-0.2, -0.15) is 5.10 Å². The Bertz CT molecular complexity index is 408. The molecule has 0 aliphatic rings. The van der Waals surface area contributed by atoms with Gasteiger partial charge in [0.25, 0.3) is 0 Å². The fourth-order valence-electron chi connectivity index (χ4n) is 1.07. The molecule has 0 bridgehead atoms. The quantitative estimate of drug-likeness (QED) is 0.682. The average Bonchev–Trinajstić information content (AvgIpc) is 2.46. The molecule has 0 radical (unpaired) electrons. The van der Waals surface area contributed by atoms with Crippen molar-refractivity contribution < 1.29 is 5.11 Å². The van der Waals surface area contributed by atoms with E-state index >= 15 is 0 Å². The second-order valence-electron chi connectivity index (χ2n) is 2.57. The van der Waals surface area contributed by atoms with Gasteiger partial charge in [-0.05, 0) is 12.1 Å². The Morgan fingerprint density at radius 1 is 1.50 bits per heavy atom. The molecule has 0 spiro atoms. The first kappa shape index (κ1) is 7.09. The molecule has 0 amide bonds. The average molecular weight is 163 g/mol. The normalized spacial score (nSPS) is 10.8. The summed E-state index contributed by atoms with van der Waals surface area (Å²) >= 11 is 0. The molecule has 0 saturated heterocycles. The molecule has 0 unspecified atom stereocenters. The summed E-state index contributed by atoms with van der Waals surface area (Å²) in [5.41, 5.74) is 0.768. The number of aromatic hydroxyl groups is 1. The molecular formula is C8H9N3O. The summed E-state index contributed by atoms with van der Waals surface area (Å²) in [5, 5.41) is 13.3. The molecule has 62 valence electrons. The van der Waals surface area contributed by atoms with E-state index < -0.39 is 0 Å². The van der Waals surface area contributed by atoms with Crippen LogP contribution in [-0.4, -0.2) is 19.7 Å². The summed E-state index contributed by atoms with van der Waals surface area (Å²) in [6, 6.07) is 3.34. The van der Waals surface area contributed by atoms with Crippen LogP contribution in [0.25, 0.3) is 5.65 Å². The highest BCUT2D eigenvalue weighted by Crippen LogP contribution is 2.09. The van der Waals surface area contributed by atoms with Gasteiger partial charge in [-0.25, -0.2) is 9.50 Å². The maximum atomic E-state index is 9.12. The van der Waals surface area contributed by atoms with Crippen LogP contribution in [-0.2, 0) is 6.42 Å². The highest BCUT2D eigenvalue weighted by Gasteiger charge is 2.00. The summed E-state index contributed by atoms with van der Waals surface area (Å²) in [6.45, 7) is 1.99. The topological polar surface area (TPSA) is 50.4 Å². The largest absolute Gasteiger partial charge is 0.506 e. The zero-order valence-corrected chi connectivity index (χ0v) is 6.73. The molecule has 2 aromatic heterocycles. The molecule has 0 fully saturated rings. The molecular weight excluding hydrogens is 154 g/mol. The zero-order valence-electron chi connectivity index (χ0n) is 6.73. The number of hydrogen-bond acceptors (Lipinski definition) is 3. The van der Waals surface area contributed by atoms with Crippen LogP contribution in [0.15, 0.2) is 18.3 Å². The second kappa shape index (κ2) is 2.48. The Morgan fingerprint density at radius 2 is 2.33 bits per heavy atom. The van der Waals surface area contributed by atoms with Crippen molar-refractivity contribution in [3.8, 4) is 5.75 Å². The zero-order chi connectivity index (χ0) is 8.55. The Morgan fingerprint density at radius 3 is 3.08 bits per heavy atom. The third-order valence-electron chi connectivity index (χ3n) is 1.68. The lowest BCUT2D eigenvalue weighted by Gasteiger charge is -1.90. The van der Waals surface area contributed by atoms with E-state index in [0.29, 0.717) is 0 Å². The minimum absolute atomic E-state index is 0.204. The van der Waals surface area contributed by atoms with Crippen LogP contribution in [0.1, 0.15) is 12.7 Å². The fourth-order valence-corrected chi connectivity index (χ4v) is 1.07. The lowest BCUT2D eigenvalue weighted by atomic mass is 10.4. The van der Waals surface area contributed by atoms with Crippen molar-refractivity contribution in [2.45, 2.75) is 13.3 Å². The van der Waals surface area contributed by atoms with E-state index in [2.05, 4.69) is 10.1 Å². The molecule has 4 nitrogen and oxygen atoms in total. The molecule has 2 aromatic rings. The standard InChI is InChI=1S/C8H9N3O/c1-2-7-9-8-4-3-6(12)5-11(8)10-7/h3-5,12H,2H2,1H3. The van der Waals surface area contributed by atoms with Gasteiger partial charge in [-0.15, -0.1) is 0 Å². The van der Waals surface area contributed by atoms with Gasteiger partial charge in [0.15, 0.2) is 11.5 Å². The highest BCUT2D eigenvalue weighted by atomic mass is 16.3. The van der Waals surface area contributed by atoms with Gasteiger partial charge >= 0.3 is 0 Å². The number of hydrogen-bond donors (Lipinski definition) is 1. The first-order valence-corrected chi connectivity index (χ1v) is 3.84. The van der Waals surface area contributed by atoms with Gasteiger partial charge in [0.2, 0.25) is 0 Å². The second-order valence-corrected chi connectivity index (χ2v) is 2.57. The first-order chi connectivity index (χ1) is 5.79. The highest BCUT2D eigenvalue weighted by molar-refractivity contribution is 5.39. The van der Waals surface area contributed by atoms with Crippen molar-refractivity contribution in [3.63, 3.8) is 0 Å². The van der Waals surface area contributed by atoms with Gasteiger partial charge in [-0.1, -0.05) is 6.92 Å². The van der Waals surface area contributed by atoms with Crippen molar-refractivity contribution >= 4 is 5.65 Å². The monoisotopic (exact) mass is 163 g/mol. The van der Waals surface area contributed by atoms with Crippen LogP contribution in [0, 0.1) is 0 Å². The Balaban J connectivity index is 2.67. The Kier molecular flexibility index (Phi) is 1.46. The van der Waals surface area contributed by atoms with Crippen molar-refractivity contribution in [3.05, 3.63) is 24.2 Å². The van der Waals surface area contributed by atoms with Gasteiger partial charge in [0, 0.05) is 6.42 Å². The summed E-state index contributed by atoms with van der Waals surface area (Å²) in [4.78, 5) is 4.21. The summed E-state index contributed by atoms with van der Waals surface area (Å²) in [5.74, 6) is 0.996.